The second-order valence-electron chi connectivity index (χ2n) is 11.3. The number of pyridine rings is 1. The molecule has 3 aliphatic rings. The Hall–Kier alpha value is -3.99. The van der Waals surface area contributed by atoms with Gasteiger partial charge in [0.25, 0.3) is 0 Å². The number of fused-ring (bicyclic) bond motifs is 2. The first kappa shape index (κ1) is 25.9. The fourth-order valence-electron chi connectivity index (χ4n) is 6.19. The molecule has 7 rings (SSSR count). The number of carbonyl (C=O) groups excluding carboxylic acids is 1. The maximum atomic E-state index is 15.1. The highest BCUT2D eigenvalue weighted by molar-refractivity contribution is 5.83. The molecule has 1 N–H and O–H groups in total. The van der Waals surface area contributed by atoms with Crippen molar-refractivity contribution in [2.75, 3.05) is 31.5 Å². The Morgan fingerprint density at radius 1 is 1.02 bits per heavy atom. The van der Waals surface area contributed by atoms with Crippen LogP contribution in [0.25, 0.3) is 22.3 Å². The number of amides is 1. The van der Waals surface area contributed by atoms with E-state index in [-0.39, 0.29) is 23.6 Å². The van der Waals surface area contributed by atoms with Gasteiger partial charge in [-0.25, -0.2) is 28.7 Å². The Bertz CT molecular complexity index is 1640. The number of aryl methyl sites for hydroxylation is 1. The van der Waals surface area contributed by atoms with Crippen LogP contribution in [0.15, 0.2) is 30.5 Å². The Labute approximate surface area is 236 Å². The van der Waals surface area contributed by atoms with E-state index in [1.54, 1.807) is 6.07 Å². The van der Waals surface area contributed by atoms with Gasteiger partial charge in [-0.2, -0.15) is 0 Å². The van der Waals surface area contributed by atoms with Crippen molar-refractivity contribution in [1.29, 1.82) is 0 Å². The summed E-state index contributed by atoms with van der Waals surface area (Å²) in [4.78, 5) is 34.6. The van der Waals surface area contributed by atoms with E-state index >= 15 is 4.39 Å². The number of carbonyl (C=O) groups is 1. The Balaban J connectivity index is 1.11. The summed E-state index contributed by atoms with van der Waals surface area (Å²) >= 11 is 0. The molecule has 1 aliphatic carbocycles. The third-order valence-electron chi connectivity index (χ3n) is 8.58. The molecule has 0 unspecified atom stereocenters. The lowest BCUT2D eigenvalue weighted by Gasteiger charge is -2.30. The van der Waals surface area contributed by atoms with Gasteiger partial charge in [0.1, 0.15) is 22.9 Å². The Morgan fingerprint density at radius 2 is 1.85 bits per heavy atom. The molecule has 2 aliphatic heterocycles. The van der Waals surface area contributed by atoms with Gasteiger partial charge in [-0.05, 0) is 75.9 Å². The van der Waals surface area contributed by atoms with Crippen LogP contribution in [0.3, 0.4) is 0 Å². The topological polar surface area (TPSA) is 92.1 Å². The molecule has 1 saturated heterocycles. The average Bonchev–Trinajstić information content (AvgIpc) is 3.56. The van der Waals surface area contributed by atoms with Crippen LogP contribution in [0, 0.1) is 18.6 Å². The quantitative estimate of drug-likeness (QED) is 0.359. The van der Waals surface area contributed by atoms with Crippen molar-refractivity contribution in [3.8, 4) is 11.3 Å². The molecule has 0 bridgehead atoms. The highest BCUT2D eigenvalue weighted by Crippen LogP contribution is 2.37. The smallest absolute Gasteiger partial charge is 0.237 e. The van der Waals surface area contributed by atoms with Gasteiger partial charge in [0, 0.05) is 36.8 Å². The molecule has 3 aromatic heterocycles. The van der Waals surface area contributed by atoms with E-state index in [1.807, 2.05) is 24.0 Å². The van der Waals surface area contributed by atoms with Gasteiger partial charge in [-0.1, -0.05) is 6.07 Å². The molecule has 4 aromatic rings. The molecule has 1 aromatic carbocycles. The van der Waals surface area contributed by atoms with Crippen LogP contribution >= 0.6 is 0 Å². The van der Waals surface area contributed by atoms with E-state index < -0.39 is 11.6 Å². The Morgan fingerprint density at radius 3 is 2.63 bits per heavy atom. The zero-order chi connectivity index (χ0) is 28.1. The normalized spacial score (nSPS) is 17.6. The molecule has 9 nitrogen and oxygen atoms in total. The zero-order valence-electron chi connectivity index (χ0n) is 23.0. The Kier molecular flexibility index (Phi) is 6.61. The fourth-order valence-corrected chi connectivity index (χ4v) is 6.19. The molecule has 5 heterocycles. The molecule has 41 heavy (non-hydrogen) atoms. The number of nitrogens with zero attached hydrogens (tertiary/aromatic N) is 7. The van der Waals surface area contributed by atoms with Crippen molar-refractivity contribution in [3.63, 3.8) is 0 Å². The molecular weight excluding hydrogens is 526 g/mol. The summed E-state index contributed by atoms with van der Waals surface area (Å²) in [5, 5.41) is 3.08. The number of likely N-dealkylation sites (tertiary alicyclic amines) is 1. The maximum Gasteiger partial charge on any atom is 0.237 e. The first-order valence-corrected chi connectivity index (χ1v) is 14.4. The lowest BCUT2D eigenvalue weighted by Crippen LogP contribution is -2.42. The summed E-state index contributed by atoms with van der Waals surface area (Å²) in [6.45, 7) is 5.50. The van der Waals surface area contributed by atoms with Crippen LogP contribution in [0.2, 0.25) is 0 Å². The molecule has 212 valence electrons. The highest BCUT2D eigenvalue weighted by atomic mass is 19.1. The van der Waals surface area contributed by atoms with Crippen LogP contribution in [0.4, 0.5) is 20.5 Å². The SMILES string of the molecule is Cc1nc2c(F)cc(-c3nc(Nc4ccc5c(n4)CCN(C(=O)CN4CCCC4)C5)ncc3F)cc2n1C1CCC1. The zero-order valence-corrected chi connectivity index (χ0v) is 23.0. The van der Waals surface area contributed by atoms with Crippen LogP contribution in [-0.4, -0.2) is 66.4 Å². The summed E-state index contributed by atoms with van der Waals surface area (Å²) in [5.41, 5.74) is 3.21. The van der Waals surface area contributed by atoms with Crippen molar-refractivity contribution in [2.24, 2.45) is 0 Å². The van der Waals surface area contributed by atoms with Crippen LogP contribution < -0.4 is 5.32 Å². The van der Waals surface area contributed by atoms with Crippen molar-refractivity contribution < 1.29 is 13.6 Å². The molecule has 1 amide bonds. The number of hydrogen-bond acceptors (Lipinski definition) is 7. The predicted molar refractivity (Wildman–Crippen MR) is 151 cm³/mol. The van der Waals surface area contributed by atoms with E-state index in [9.17, 15) is 9.18 Å². The van der Waals surface area contributed by atoms with Crippen LogP contribution in [-0.2, 0) is 17.8 Å². The minimum atomic E-state index is -0.641. The van der Waals surface area contributed by atoms with Gasteiger partial charge in [0.15, 0.2) is 11.6 Å². The maximum absolute atomic E-state index is 15.1. The molecule has 1 saturated carbocycles. The first-order valence-electron chi connectivity index (χ1n) is 14.4. The number of rotatable bonds is 6. The summed E-state index contributed by atoms with van der Waals surface area (Å²) in [6, 6.07) is 7.10. The van der Waals surface area contributed by atoms with E-state index in [2.05, 4.69) is 29.7 Å². The average molecular weight is 559 g/mol. The van der Waals surface area contributed by atoms with Crippen molar-refractivity contribution in [2.45, 2.75) is 58.0 Å². The van der Waals surface area contributed by atoms with E-state index in [0.29, 0.717) is 48.5 Å². The fraction of sp³-hybridized carbons (Fsp3) is 0.433. The second kappa shape index (κ2) is 10.4. The number of imidazole rings is 1. The number of anilines is 2. The molecule has 0 radical (unpaired) electrons. The number of benzene rings is 1. The lowest BCUT2D eigenvalue weighted by molar-refractivity contribution is -0.133. The summed E-state index contributed by atoms with van der Waals surface area (Å²) in [5.74, 6) is 0.458. The van der Waals surface area contributed by atoms with E-state index in [4.69, 9.17) is 4.98 Å². The molecule has 0 atom stereocenters. The number of nitrogens with one attached hydrogen (secondary N) is 1. The van der Waals surface area contributed by atoms with E-state index in [0.717, 1.165) is 68.5 Å². The van der Waals surface area contributed by atoms with Gasteiger partial charge in [0.2, 0.25) is 11.9 Å². The largest absolute Gasteiger partial charge is 0.337 e. The minimum absolute atomic E-state index is 0.00688. The van der Waals surface area contributed by atoms with Gasteiger partial charge in [0.05, 0.1) is 18.3 Å². The summed E-state index contributed by atoms with van der Waals surface area (Å²) in [6.07, 6.45) is 7.24. The molecule has 2 fully saturated rings. The minimum Gasteiger partial charge on any atom is -0.337 e. The molecule has 11 heteroatoms. The standard InChI is InChI=1S/C30H32F2N8O/c1-18-34-29-22(31)13-20(14-25(29)40(18)21-5-4-6-21)28-23(32)15-33-30(37-28)36-26-8-7-19-16-39(12-9-24(19)35-26)27(41)17-38-10-2-3-11-38/h7-8,13-15,21H,2-6,9-12,16-17H2,1H3,(H,33,35,36,37). The summed E-state index contributed by atoms with van der Waals surface area (Å²) < 4.78 is 32.2. The second-order valence-corrected chi connectivity index (χ2v) is 11.3. The summed E-state index contributed by atoms with van der Waals surface area (Å²) in [7, 11) is 0. The molecule has 0 spiro atoms. The number of aromatic nitrogens is 5. The van der Waals surface area contributed by atoms with Crippen molar-refractivity contribution in [1.82, 2.24) is 34.3 Å². The predicted octanol–water partition coefficient (Wildman–Crippen LogP) is 4.92. The van der Waals surface area contributed by atoms with Crippen LogP contribution in [0.5, 0.6) is 0 Å². The van der Waals surface area contributed by atoms with Crippen molar-refractivity contribution in [3.05, 3.63) is 59.2 Å². The van der Waals surface area contributed by atoms with Gasteiger partial charge in [-0.3, -0.25) is 9.69 Å². The molecular formula is C30H32F2N8O. The van der Waals surface area contributed by atoms with Crippen LogP contribution in [0.1, 0.15) is 55.2 Å². The van der Waals surface area contributed by atoms with E-state index in [1.165, 1.54) is 6.07 Å². The monoisotopic (exact) mass is 558 g/mol. The number of halogens is 2. The van der Waals surface area contributed by atoms with Gasteiger partial charge < -0.3 is 14.8 Å². The highest BCUT2D eigenvalue weighted by Gasteiger charge is 2.26. The lowest BCUT2D eigenvalue weighted by atomic mass is 9.92. The third-order valence-corrected chi connectivity index (χ3v) is 8.58. The van der Waals surface area contributed by atoms with Gasteiger partial charge >= 0.3 is 0 Å². The van der Waals surface area contributed by atoms with Crippen molar-refractivity contribution >= 4 is 28.7 Å². The third kappa shape index (κ3) is 4.92. The van der Waals surface area contributed by atoms with Gasteiger partial charge in [-0.15, -0.1) is 0 Å². The number of hydrogen-bond donors (Lipinski definition) is 1. The first-order chi connectivity index (χ1) is 19.9.